The Labute approximate surface area is 98.8 Å². The molecule has 0 bridgehead atoms. The van der Waals surface area contributed by atoms with Crippen LogP contribution in [0.4, 0.5) is 0 Å². The number of carbonyl (C=O) groups excluding carboxylic acids is 1. The molecule has 0 aliphatic carbocycles. The van der Waals surface area contributed by atoms with Crippen molar-refractivity contribution in [2.24, 2.45) is 0 Å². The minimum absolute atomic E-state index is 0.237. The van der Waals surface area contributed by atoms with Gasteiger partial charge in [0.05, 0.1) is 18.1 Å². The van der Waals surface area contributed by atoms with Gasteiger partial charge in [-0.3, -0.25) is 4.79 Å². The molecular formula is C11H14N2O2S. The SMILES string of the molecule is CCC(C)(C#N)NC(=O)c1cc(OC)cs1. The molecule has 0 saturated carbocycles. The van der Waals surface area contributed by atoms with Crippen LogP contribution in [0.3, 0.4) is 0 Å². The van der Waals surface area contributed by atoms with Crippen LogP contribution >= 0.6 is 11.3 Å². The zero-order valence-corrected chi connectivity index (χ0v) is 10.4. The molecule has 1 N–H and O–H groups in total. The van der Waals surface area contributed by atoms with Gasteiger partial charge in [-0.2, -0.15) is 5.26 Å². The van der Waals surface area contributed by atoms with Crippen LogP contribution in [0.1, 0.15) is 29.9 Å². The topological polar surface area (TPSA) is 62.1 Å². The van der Waals surface area contributed by atoms with Crippen molar-refractivity contribution < 1.29 is 9.53 Å². The quantitative estimate of drug-likeness (QED) is 0.874. The first-order chi connectivity index (χ1) is 7.54. The van der Waals surface area contributed by atoms with E-state index in [0.717, 1.165) is 0 Å². The molecule has 1 atom stereocenters. The van der Waals surface area contributed by atoms with Crippen LogP contribution in [0.25, 0.3) is 0 Å². The molecule has 0 aromatic carbocycles. The predicted octanol–water partition coefficient (Wildman–Crippen LogP) is 2.18. The molecule has 0 fully saturated rings. The minimum Gasteiger partial charge on any atom is -0.496 e. The van der Waals surface area contributed by atoms with Crippen molar-refractivity contribution in [3.05, 3.63) is 16.3 Å². The van der Waals surface area contributed by atoms with Crippen LogP contribution in [-0.4, -0.2) is 18.6 Å². The summed E-state index contributed by atoms with van der Waals surface area (Å²) in [6, 6.07) is 3.75. The second kappa shape index (κ2) is 4.99. The monoisotopic (exact) mass is 238 g/mol. The Morgan fingerprint density at radius 3 is 2.88 bits per heavy atom. The molecule has 1 unspecified atom stereocenters. The normalized spacial score (nSPS) is 13.6. The van der Waals surface area contributed by atoms with Crippen LogP contribution in [0.15, 0.2) is 11.4 Å². The zero-order valence-electron chi connectivity index (χ0n) is 9.53. The maximum Gasteiger partial charge on any atom is 0.262 e. The van der Waals surface area contributed by atoms with Crippen molar-refractivity contribution in [1.82, 2.24) is 5.32 Å². The van der Waals surface area contributed by atoms with Crippen molar-refractivity contribution in [1.29, 1.82) is 5.26 Å². The average molecular weight is 238 g/mol. The molecule has 1 rings (SSSR count). The molecule has 1 aromatic heterocycles. The number of thiophene rings is 1. The number of nitriles is 1. The van der Waals surface area contributed by atoms with Crippen molar-refractivity contribution in [2.75, 3.05) is 7.11 Å². The summed E-state index contributed by atoms with van der Waals surface area (Å²) in [7, 11) is 1.55. The Kier molecular flexibility index (Phi) is 3.91. The van der Waals surface area contributed by atoms with Gasteiger partial charge in [0.15, 0.2) is 0 Å². The summed E-state index contributed by atoms with van der Waals surface area (Å²) in [5.41, 5.74) is -0.811. The van der Waals surface area contributed by atoms with Crippen LogP contribution in [0.5, 0.6) is 5.75 Å². The first-order valence-electron chi connectivity index (χ1n) is 4.91. The van der Waals surface area contributed by atoms with E-state index in [1.165, 1.54) is 11.3 Å². The molecule has 16 heavy (non-hydrogen) atoms. The third-order valence-electron chi connectivity index (χ3n) is 2.38. The summed E-state index contributed by atoms with van der Waals surface area (Å²) in [5, 5.41) is 13.4. The number of hydrogen-bond acceptors (Lipinski definition) is 4. The Morgan fingerprint density at radius 1 is 1.75 bits per heavy atom. The lowest BCUT2D eigenvalue weighted by Gasteiger charge is -2.20. The van der Waals surface area contributed by atoms with E-state index < -0.39 is 5.54 Å². The van der Waals surface area contributed by atoms with E-state index in [9.17, 15) is 4.79 Å². The second-order valence-corrected chi connectivity index (χ2v) is 4.51. The van der Waals surface area contributed by atoms with Gasteiger partial charge in [0.1, 0.15) is 11.3 Å². The van der Waals surface area contributed by atoms with E-state index in [2.05, 4.69) is 11.4 Å². The average Bonchev–Trinajstić information content (AvgIpc) is 2.77. The number of ether oxygens (including phenoxy) is 1. The largest absolute Gasteiger partial charge is 0.496 e. The molecule has 1 amide bonds. The van der Waals surface area contributed by atoms with Crippen molar-refractivity contribution >= 4 is 17.2 Å². The molecule has 0 radical (unpaired) electrons. The molecule has 0 aliphatic heterocycles. The number of hydrogen-bond donors (Lipinski definition) is 1. The smallest absolute Gasteiger partial charge is 0.262 e. The number of methoxy groups -OCH3 is 1. The van der Waals surface area contributed by atoms with Gasteiger partial charge in [-0.1, -0.05) is 6.92 Å². The van der Waals surface area contributed by atoms with Crippen LogP contribution in [0.2, 0.25) is 0 Å². The van der Waals surface area contributed by atoms with Gasteiger partial charge >= 0.3 is 0 Å². The van der Waals surface area contributed by atoms with Gasteiger partial charge in [0.25, 0.3) is 5.91 Å². The van der Waals surface area contributed by atoms with Crippen LogP contribution in [0, 0.1) is 11.3 Å². The van der Waals surface area contributed by atoms with Gasteiger partial charge < -0.3 is 10.1 Å². The fourth-order valence-corrected chi connectivity index (χ4v) is 1.80. The summed E-state index contributed by atoms with van der Waals surface area (Å²) in [4.78, 5) is 12.3. The highest BCUT2D eigenvalue weighted by atomic mass is 32.1. The Hall–Kier alpha value is -1.54. The number of rotatable bonds is 4. The minimum atomic E-state index is -0.811. The fraction of sp³-hybridized carbons (Fsp3) is 0.455. The third kappa shape index (κ3) is 2.74. The standard InChI is InChI=1S/C11H14N2O2S/c1-4-11(2,7-12)13-10(14)9-5-8(15-3)6-16-9/h5-6H,4H2,1-3H3,(H,13,14). The van der Waals surface area contributed by atoms with E-state index in [-0.39, 0.29) is 5.91 Å². The highest BCUT2D eigenvalue weighted by Crippen LogP contribution is 2.21. The molecule has 5 heteroatoms. The maximum atomic E-state index is 11.8. The van der Waals surface area contributed by atoms with Crippen LogP contribution in [-0.2, 0) is 0 Å². The zero-order chi connectivity index (χ0) is 12.2. The summed E-state index contributed by atoms with van der Waals surface area (Å²) >= 11 is 1.30. The number of nitrogens with one attached hydrogen (secondary N) is 1. The van der Waals surface area contributed by atoms with Gasteiger partial charge in [-0.05, 0) is 13.3 Å². The van der Waals surface area contributed by atoms with E-state index in [1.807, 2.05) is 6.92 Å². The summed E-state index contributed by atoms with van der Waals surface area (Å²) < 4.78 is 4.99. The molecular weight excluding hydrogens is 224 g/mol. The molecule has 0 saturated heterocycles. The number of carbonyl (C=O) groups is 1. The van der Waals surface area contributed by atoms with E-state index in [0.29, 0.717) is 17.0 Å². The first-order valence-corrected chi connectivity index (χ1v) is 5.79. The molecule has 1 heterocycles. The predicted molar refractivity (Wildman–Crippen MR) is 62.6 cm³/mol. The van der Waals surface area contributed by atoms with E-state index >= 15 is 0 Å². The van der Waals surface area contributed by atoms with Crippen molar-refractivity contribution in [3.8, 4) is 11.8 Å². The number of amides is 1. The summed E-state index contributed by atoms with van der Waals surface area (Å²) in [6.07, 6.45) is 0.567. The van der Waals surface area contributed by atoms with Gasteiger partial charge in [-0.15, -0.1) is 11.3 Å². The highest BCUT2D eigenvalue weighted by Gasteiger charge is 2.24. The van der Waals surface area contributed by atoms with E-state index in [1.54, 1.807) is 25.5 Å². The second-order valence-electron chi connectivity index (χ2n) is 3.60. The highest BCUT2D eigenvalue weighted by molar-refractivity contribution is 7.12. The Bertz CT molecular complexity index is 422. The molecule has 4 nitrogen and oxygen atoms in total. The third-order valence-corrected chi connectivity index (χ3v) is 3.29. The van der Waals surface area contributed by atoms with E-state index in [4.69, 9.17) is 10.00 Å². The lowest BCUT2D eigenvalue weighted by atomic mass is 10.0. The molecule has 0 aliphatic rings. The fourth-order valence-electron chi connectivity index (χ4n) is 1.05. The summed E-state index contributed by atoms with van der Waals surface area (Å²) in [6.45, 7) is 3.56. The van der Waals surface area contributed by atoms with Gasteiger partial charge in [-0.25, -0.2) is 0 Å². The van der Waals surface area contributed by atoms with Crippen molar-refractivity contribution in [2.45, 2.75) is 25.8 Å². The lowest BCUT2D eigenvalue weighted by Crippen LogP contribution is -2.43. The van der Waals surface area contributed by atoms with Crippen molar-refractivity contribution in [3.63, 3.8) is 0 Å². The Morgan fingerprint density at radius 2 is 2.44 bits per heavy atom. The summed E-state index contributed by atoms with van der Waals surface area (Å²) in [5.74, 6) is 0.421. The van der Waals surface area contributed by atoms with Gasteiger partial charge in [0.2, 0.25) is 0 Å². The first kappa shape index (κ1) is 12.5. The van der Waals surface area contributed by atoms with Crippen LogP contribution < -0.4 is 10.1 Å². The maximum absolute atomic E-state index is 11.8. The lowest BCUT2D eigenvalue weighted by molar-refractivity contribution is 0.0927. The molecule has 0 spiro atoms. The number of nitrogens with zero attached hydrogens (tertiary/aromatic N) is 1. The Balaban J connectivity index is 2.76. The molecule has 1 aromatic rings. The van der Waals surface area contributed by atoms with Gasteiger partial charge in [0, 0.05) is 11.4 Å². The molecule has 86 valence electrons.